The predicted octanol–water partition coefficient (Wildman–Crippen LogP) is 4.46. The highest BCUT2D eigenvalue weighted by molar-refractivity contribution is 8.18. The van der Waals surface area contributed by atoms with Gasteiger partial charge in [-0.15, -0.1) is 0 Å². The summed E-state index contributed by atoms with van der Waals surface area (Å²) in [5.41, 5.74) is 1.52. The third kappa shape index (κ3) is 4.37. The van der Waals surface area contributed by atoms with Crippen LogP contribution in [0.5, 0.6) is 0 Å². The maximum atomic E-state index is 13.7. The van der Waals surface area contributed by atoms with E-state index in [9.17, 15) is 18.8 Å². The molecular weight excluding hydrogens is 391 g/mol. The molecule has 0 aliphatic carbocycles. The standard InChI is InChI=1S/C19H14ClFN2O3S/c1-11-6-7-13(9-14(11)20)22-17(24)10-23-18(25)16(27-19(23)26)8-12-4-2-3-5-15(12)21/h2-9H,10H2,1H3,(H,22,24)/b16-8+. The van der Waals surface area contributed by atoms with Gasteiger partial charge in [0.05, 0.1) is 4.91 Å². The van der Waals surface area contributed by atoms with E-state index >= 15 is 0 Å². The van der Waals surface area contributed by atoms with Gasteiger partial charge in [-0.25, -0.2) is 4.39 Å². The molecule has 1 N–H and O–H groups in total. The van der Waals surface area contributed by atoms with E-state index in [2.05, 4.69) is 5.32 Å². The largest absolute Gasteiger partial charge is 0.324 e. The number of rotatable bonds is 4. The molecule has 0 spiro atoms. The lowest BCUT2D eigenvalue weighted by Crippen LogP contribution is -2.36. The van der Waals surface area contributed by atoms with E-state index in [-0.39, 0.29) is 10.5 Å². The summed E-state index contributed by atoms with van der Waals surface area (Å²) >= 11 is 6.68. The Morgan fingerprint density at radius 3 is 2.70 bits per heavy atom. The molecule has 0 atom stereocenters. The molecule has 0 aromatic heterocycles. The van der Waals surface area contributed by atoms with Crippen molar-refractivity contribution in [3.8, 4) is 0 Å². The third-order valence-corrected chi connectivity index (χ3v) is 5.14. The van der Waals surface area contributed by atoms with Gasteiger partial charge in [-0.05, 0) is 48.5 Å². The monoisotopic (exact) mass is 404 g/mol. The summed E-state index contributed by atoms with van der Waals surface area (Å²) in [5, 5.41) is 2.50. The van der Waals surface area contributed by atoms with Crippen molar-refractivity contribution in [1.82, 2.24) is 4.90 Å². The summed E-state index contributed by atoms with van der Waals surface area (Å²) in [4.78, 5) is 37.6. The number of thioether (sulfide) groups is 1. The van der Waals surface area contributed by atoms with Crippen LogP contribution in [0.4, 0.5) is 14.9 Å². The quantitative estimate of drug-likeness (QED) is 0.764. The van der Waals surface area contributed by atoms with Gasteiger partial charge in [-0.2, -0.15) is 0 Å². The zero-order valence-corrected chi connectivity index (χ0v) is 15.7. The van der Waals surface area contributed by atoms with Gasteiger partial charge in [0.1, 0.15) is 12.4 Å². The van der Waals surface area contributed by atoms with E-state index in [0.717, 1.165) is 10.5 Å². The van der Waals surface area contributed by atoms with Crippen LogP contribution in [-0.2, 0) is 9.59 Å². The molecule has 0 unspecified atom stereocenters. The second-order valence-electron chi connectivity index (χ2n) is 5.80. The molecule has 2 aromatic rings. The molecule has 8 heteroatoms. The minimum absolute atomic E-state index is 0.0660. The summed E-state index contributed by atoms with van der Waals surface area (Å²) in [6.07, 6.45) is 1.30. The van der Waals surface area contributed by atoms with Crippen LogP contribution in [0.2, 0.25) is 5.02 Å². The highest BCUT2D eigenvalue weighted by atomic mass is 35.5. The molecule has 3 rings (SSSR count). The second kappa shape index (κ2) is 7.94. The number of carbonyl (C=O) groups excluding carboxylic acids is 3. The lowest BCUT2D eigenvalue weighted by Gasteiger charge is -2.13. The van der Waals surface area contributed by atoms with Crippen molar-refractivity contribution in [3.63, 3.8) is 0 Å². The number of hydrogen-bond donors (Lipinski definition) is 1. The first-order chi connectivity index (χ1) is 12.8. The zero-order valence-electron chi connectivity index (χ0n) is 14.2. The zero-order chi connectivity index (χ0) is 19.6. The molecule has 2 aromatic carbocycles. The molecule has 27 heavy (non-hydrogen) atoms. The topological polar surface area (TPSA) is 66.5 Å². The molecule has 1 aliphatic rings. The van der Waals surface area contributed by atoms with Crippen LogP contribution in [0, 0.1) is 12.7 Å². The van der Waals surface area contributed by atoms with Crippen LogP contribution in [-0.4, -0.2) is 28.5 Å². The van der Waals surface area contributed by atoms with Gasteiger partial charge < -0.3 is 5.32 Å². The van der Waals surface area contributed by atoms with Gasteiger partial charge in [-0.3, -0.25) is 19.3 Å². The Morgan fingerprint density at radius 1 is 1.26 bits per heavy atom. The molecule has 0 saturated carbocycles. The average molecular weight is 405 g/mol. The van der Waals surface area contributed by atoms with Gasteiger partial charge in [0, 0.05) is 16.3 Å². The number of nitrogens with one attached hydrogen (secondary N) is 1. The number of anilines is 1. The first kappa shape index (κ1) is 19.1. The van der Waals surface area contributed by atoms with Gasteiger partial charge in [-0.1, -0.05) is 35.9 Å². The molecule has 138 valence electrons. The van der Waals surface area contributed by atoms with Crippen LogP contribution < -0.4 is 5.32 Å². The van der Waals surface area contributed by atoms with Gasteiger partial charge in [0.25, 0.3) is 11.1 Å². The Bertz CT molecular complexity index is 977. The maximum absolute atomic E-state index is 13.7. The molecule has 5 nitrogen and oxygen atoms in total. The summed E-state index contributed by atoms with van der Waals surface area (Å²) in [5.74, 6) is -1.67. The SMILES string of the molecule is Cc1ccc(NC(=O)CN2C(=O)S/C(=C/c3ccccc3F)C2=O)cc1Cl. The van der Waals surface area contributed by atoms with E-state index in [1.807, 2.05) is 6.92 Å². The van der Waals surface area contributed by atoms with Crippen LogP contribution >= 0.6 is 23.4 Å². The molecule has 1 aliphatic heterocycles. The lowest BCUT2D eigenvalue weighted by molar-refractivity contribution is -0.127. The normalized spacial score (nSPS) is 15.5. The fourth-order valence-electron chi connectivity index (χ4n) is 2.38. The highest BCUT2D eigenvalue weighted by Gasteiger charge is 2.36. The van der Waals surface area contributed by atoms with Crippen LogP contribution in [0.25, 0.3) is 6.08 Å². The van der Waals surface area contributed by atoms with Crippen molar-refractivity contribution in [2.45, 2.75) is 6.92 Å². The number of amides is 3. The summed E-state index contributed by atoms with van der Waals surface area (Å²) < 4.78 is 13.7. The number of halogens is 2. The number of imide groups is 1. The Labute approximate surface area is 164 Å². The van der Waals surface area contributed by atoms with E-state index in [0.29, 0.717) is 22.5 Å². The molecule has 1 heterocycles. The van der Waals surface area contributed by atoms with E-state index in [1.54, 1.807) is 24.3 Å². The number of aryl methyl sites for hydroxylation is 1. The van der Waals surface area contributed by atoms with Crippen LogP contribution in [0.15, 0.2) is 47.4 Å². The fraction of sp³-hybridized carbons (Fsp3) is 0.105. The van der Waals surface area contributed by atoms with Crippen molar-refractivity contribution in [2.75, 3.05) is 11.9 Å². The molecule has 0 radical (unpaired) electrons. The van der Waals surface area contributed by atoms with Crippen molar-refractivity contribution in [2.24, 2.45) is 0 Å². The molecule has 1 saturated heterocycles. The summed E-state index contributed by atoms with van der Waals surface area (Å²) in [6.45, 7) is 1.39. The Morgan fingerprint density at radius 2 is 2.00 bits per heavy atom. The maximum Gasteiger partial charge on any atom is 0.294 e. The Balaban J connectivity index is 1.71. The van der Waals surface area contributed by atoms with Crippen molar-refractivity contribution in [3.05, 3.63) is 69.3 Å². The van der Waals surface area contributed by atoms with Crippen molar-refractivity contribution >= 4 is 52.2 Å². The Hall–Kier alpha value is -2.64. The lowest BCUT2D eigenvalue weighted by atomic mass is 10.2. The molecule has 0 bridgehead atoms. The fourth-order valence-corrected chi connectivity index (χ4v) is 3.39. The minimum atomic E-state index is -0.634. The number of hydrogen-bond acceptors (Lipinski definition) is 4. The molecule has 1 fully saturated rings. The molecular formula is C19H14ClFN2O3S. The predicted molar refractivity (Wildman–Crippen MR) is 104 cm³/mol. The first-order valence-corrected chi connectivity index (χ1v) is 9.10. The van der Waals surface area contributed by atoms with Crippen molar-refractivity contribution < 1.29 is 18.8 Å². The van der Waals surface area contributed by atoms with Gasteiger partial charge in [0.2, 0.25) is 5.91 Å². The van der Waals surface area contributed by atoms with Gasteiger partial charge >= 0.3 is 0 Å². The smallest absolute Gasteiger partial charge is 0.294 e. The summed E-state index contributed by atoms with van der Waals surface area (Å²) in [7, 11) is 0. The van der Waals surface area contributed by atoms with E-state index in [4.69, 9.17) is 11.6 Å². The number of nitrogens with zero attached hydrogens (tertiary/aromatic N) is 1. The third-order valence-electron chi connectivity index (χ3n) is 3.82. The van der Waals surface area contributed by atoms with E-state index < -0.39 is 29.4 Å². The highest BCUT2D eigenvalue weighted by Crippen LogP contribution is 2.32. The molecule has 3 amide bonds. The van der Waals surface area contributed by atoms with Gasteiger partial charge in [0.15, 0.2) is 0 Å². The second-order valence-corrected chi connectivity index (χ2v) is 7.20. The van der Waals surface area contributed by atoms with Crippen LogP contribution in [0.1, 0.15) is 11.1 Å². The minimum Gasteiger partial charge on any atom is -0.324 e. The summed E-state index contributed by atoms with van der Waals surface area (Å²) in [6, 6.07) is 10.9. The average Bonchev–Trinajstić information content (AvgIpc) is 2.88. The number of carbonyl (C=O) groups is 3. The first-order valence-electron chi connectivity index (χ1n) is 7.91. The Kier molecular flexibility index (Phi) is 5.62. The number of benzene rings is 2. The van der Waals surface area contributed by atoms with Crippen molar-refractivity contribution in [1.29, 1.82) is 0 Å². The van der Waals surface area contributed by atoms with E-state index in [1.165, 1.54) is 24.3 Å². The van der Waals surface area contributed by atoms with Crippen LogP contribution in [0.3, 0.4) is 0 Å².